The molecule has 0 amide bonds. The number of aromatic nitrogens is 4. The number of thiophene rings is 1. The molecule has 4 heterocycles. The number of furan rings is 1. The topological polar surface area (TPSA) is 56.7 Å². The maximum atomic E-state index is 6.46. The molecule has 0 fully saturated rings. The summed E-state index contributed by atoms with van der Waals surface area (Å²) in [7, 11) is 0. The van der Waals surface area contributed by atoms with Gasteiger partial charge >= 0.3 is 0 Å². The highest BCUT2D eigenvalue weighted by Crippen LogP contribution is 2.43. The van der Waals surface area contributed by atoms with E-state index in [1.165, 1.54) is 48.4 Å². The maximum Gasteiger partial charge on any atom is 0.167 e. The molecule has 0 radical (unpaired) electrons. The zero-order chi connectivity index (χ0) is 37.5. The van der Waals surface area contributed by atoms with Crippen molar-refractivity contribution in [1.29, 1.82) is 0 Å². The van der Waals surface area contributed by atoms with Gasteiger partial charge in [-0.05, 0) is 65.7 Å². The van der Waals surface area contributed by atoms with Gasteiger partial charge in [0.2, 0.25) is 0 Å². The van der Waals surface area contributed by atoms with Gasteiger partial charge in [-0.2, -0.15) is 0 Å². The Labute approximate surface area is 330 Å². The minimum Gasteiger partial charge on any atom is -0.455 e. The third-order valence-corrected chi connectivity index (χ3v) is 12.3. The highest BCUT2D eigenvalue weighted by Gasteiger charge is 2.20. The Morgan fingerprint density at radius 1 is 0.404 bits per heavy atom. The molecule has 57 heavy (non-hydrogen) atoms. The van der Waals surface area contributed by atoms with Crippen LogP contribution in [0.1, 0.15) is 0 Å². The first kappa shape index (κ1) is 31.9. The second kappa shape index (κ2) is 12.6. The first-order valence-electron chi connectivity index (χ1n) is 19.0. The lowest BCUT2D eigenvalue weighted by Gasteiger charge is -2.10. The maximum absolute atomic E-state index is 6.46. The number of nitrogens with zero attached hydrogens (tertiary/aromatic N) is 4. The van der Waals surface area contributed by atoms with E-state index < -0.39 is 0 Å². The van der Waals surface area contributed by atoms with Crippen molar-refractivity contribution < 1.29 is 4.42 Å². The van der Waals surface area contributed by atoms with Crippen molar-refractivity contribution in [3.63, 3.8) is 0 Å². The standard InChI is InChI=1S/C51H30N4OS/c1-3-13-31(14-4-1)33-25-27-44-41(29-33)35-17-7-9-23-43(35)55(44)34-26-28-46-42(30-34)38-20-12-22-40(48(38)57-46)51-53-49(32-15-5-2-6-16-32)52-50(54-51)39-21-11-19-37-36-18-8-10-24-45(36)56-47(37)39/h1-30H. The molecule has 0 saturated heterocycles. The van der Waals surface area contributed by atoms with Crippen molar-refractivity contribution in [1.82, 2.24) is 19.5 Å². The lowest BCUT2D eigenvalue weighted by Crippen LogP contribution is -2.00. The molecule has 0 aliphatic heterocycles. The molecule has 0 N–H and O–H groups in total. The fourth-order valence-corrected chi connectivity index (χ4v) is 9.61. The lowest BCUT2D eigenvalue weighted by molar-refractivity contribution is 0.669. The summed E-state index contributed by atoms with van der Waals surface area (Å²) in [6.45, 7) is 0. The van der Waals surface area contributed by atoms with Crippen LogP contribution >= 0.6 is 11.3 Å². The summed E-state index contributed by atoms with van der Waals surface area (Å²) in [5, 5.41) is 6.95. The largest absolute Gasteiger partial charge is 0.455 e. The van der Waals surface area contributed by atoms with E-state index in [0.29, 0.717) is 17.5 Å². The smallest absolute Gasteiger partial charge is 0.167 e. The molecule has 5 nitrogen and oxygen atoms in total. The zero-order valence-electron chi connectivity index (χ0n) is 30.4. The number of benzene rings is 8. The summed E-state index contributed by atoms with van der Waals surface area (Å²) < 4.78 is 11.2. The van der Waals surface area contributed by atoms with Gasteiger partial charge in [0.25, 0.3) is 0 Å². The van der Waals surface area contributed by atoms with Gasteiger partial charge < -0.3 is 8.98 Å². The quantitative estimate of drug-likeness (QED) is 0.176. The van der Waals surface area contributed by atoms with E-state index in [4.69, 9.17) is 19.4 Å². The Morgan fingerprint density at radius 3 is 1.89 bits per heavy atom. The molecule has 0 spiro atoms. The summed E-state index contributed by atoms with van der Waals surface area (Å²) >= 11 is 1.78. The van der Waals surface area contributed by atoms with Gasteiger partial charge in [0, 0.05) is 58.5 Å². The third-order valence-electron chi connectivity index (χ3n) is 11.1. The van der Waals surface area contributed by atoms with Gasteiger partial charge in [0.15, 0.2) is 17.5 Å². The van der Waals surface area contributed by atoms with E-state index in [1.54, 1.807) is 11.3 Å². The van der Waals surface area contributed by atoms with Crippen molar-refractivity contribution in [2.24, 2.45) is 0 Å². The number of hydrogen-bond acceptors (Lipinski definition) is 5. The molecule has 0 atom stereocenters. The summed E-state index contributed by atoms with van der Waals surface area (Å²) in [4.78, 5) is 15.4. The molecule has 0 bridgehead atoms. The molecular formula is C51H30N4OS. The first-order chi connectivity index (χ1) is 28.2. The minimum atomic E-state index is 0.575. The molecule has 4 aromatic heterocycles. The van der Waals surface area contributed by atoms with Crippen LogP contribution in [0.15, 0.2) is 186 Å². The van der Waals surface area contributed by atoms with Crippen molar-refractivity contribution in [2.45, 2.75) is 0 Å². The average molecular weight is 747 g/mol. The van der Waals surface area contributed by atoms with Crippen molar-refractivity contribution >= 4 is 75.3 Å². The Morgan fingerprint density at radius 2 is 1.05 bits per heavy atom. The monoisotopic (exact) mass is 746 g/mol. The predicted molar refractivity (Wildman–Crippen MR) is 236 cm³/mol. The number of fused-ring (bicyclic) bond motifs is 9. The fourth-order valence-electron chi connectivity index (χ4n) is 8.42. The van der Waals surface area contributed by atoms with Crippen LogP contribution in [0, 0.1) is 0 Å². The fraction of sp³-hybridized carbons (Fsp3) is 0. The predicted octanol–water partition coefficient (Wildman–Crippen LogP) is 13.9. The van der Waals surface area contributed by atoms with Crippen LogP contribution in [0.2, 0.25) is 0 Å². The van der Waals surface area contributed by atoms with Gasteiger partial charge in [-0.3, -0.25) is 0 Å². The highest BCUT2D eigenvalue weighted by molar-refractivity contribution is 7.26. The lowest BCUT2D eigenvalue weighted by atomic mass is 10.0. The number of hydrogen-bond donors (Lipinski definition) is 0. The molecule has 0 aliphatic rings. The van der Waals surface area contributed by atoms with Crippen molar-refractivity contribution in [3.05, 3.63) is 182 Å². The van der Waals surface area contributed by atoms with E-state index in [9.17, 15) is 0 Å². The summed E-state index contributed by atoms with van der Waals surface area (Å²) in [5.41, 5.74) is 10.2. The minimum absolute atomic E-state index is 0.575. The van der Waals surface area contributed by atoms with Gasteiger partial charge in [0.05, 0.1) is 16.6 Å². The second-order valence-electron chi connectivity index (χ2n) is 14.4. The number of para-hydroxylation sites is 3. The first-order valence-corrected chi connectivity index (χ1v) is 19.8. The Bertz CT molecular complexity index is 3530. The van der Waals surface area contributed by atoms with Gasteiger partial charge in [0.1, 0.15) is 11.2 Å². The average Bonchev–Trinajstić information content (AvgIpc) is 3.96. The van der Waals surface area contributed by atoms with E-state index >= 15 is 0 Å². The Kier molecular flexibility index (Phi) is 7.03. The van der Waals surface area contributed by atoms with Crippen molar-refractivity contribution in [3.8, 4) is 51.0 Å². The normalized spacial score (nSPS) is 11.9. The molecule has 8 aromatic carbocycles. The van der Waals surface area contributed by atoms with Crippen LogP contribution in [0.25, 0.3) is 115 Å². The SMILES string of the molecule is c1ccc(-c2ccc3c(c2)c2ccccc2n3-c2ccc3sc4c(-c5nc(-c6ccccc6)nc(-c6cccc7c6oc6ccccc67)n5)cccc4c3c2)cc1. The van der Waals surface area contributed by atoms with Gasteiger partial charge in [-0.15, -0.1) is 11.3 Å². The summed E-state index contributed by atoms with van der Waals surface area (Å²) in [5.74, 6) is 1.82. The molecule has 0 aliphatic carbocycles. The van der Waals surface area contributed by atoms with Gasteiger partial charge in [-0.25, -0.2) is 15.0 Å². The van der Waals surface area contributed by atoms with Crippen LogP contribution in [0.5, 0.6) is 0 Å². The number of rotatable bonds is 5. The zero-order valence-corrected chi connectivity index (χ0v) is 31.2. The molecule has 0 unspecified atom stereocenters. The molecular weight excluding hydrogens is 717 g/mol. The molecule has 12 aromatic rings. The molecule has 266 valence electrons. The van der Waals surface area contributed by atoms with Crippen LogP contribution in [0.3, 0.4) is 0 Å². The van der Waals surface area contributed by atoms with Crippen LogP contribution < -0.4 is 0 Å². The molecule has 0 saturated carbocycles. The van der Waals surface area contributed by atoms with Crippen LogP contribution in [0.4, 0.5) is 0 Å². The van der Waals surface area contributed by atoms with E-state index in [2.05, 4.69) is 132 Å². The van der Waals surface area contributed by atoms with E-state index in [-0.39, 0.29) is 0 Å². The molecule has 12 rings (SSSR count). The van der Waals surface area contributed by atoms with Crippen LogP contribution in [-0.2, 0) is 0 Å². The summed E-state index contributed by atoms with van der Waals surface area (Å²) in [6, 6.07) is 63.9. The highest BCUT2D eigenvalue weighted by atomic mass is 32.1. The summed E-state index contributed by atoms with van der Waals surface area (Å²) in [6.07, 6.45) is 0. The van der Waals surface area contributed by atoms with Gasteiger partial charge in [-0.1, -0.05) is 127 Å². The Hall–Kier alpha value is -7.41. The van der Waals surface area contributed by atoms with Crippen molar-refractivity contribution in [2.75, 3.05) is 0 Å². The van der Waals surface area contributed by atoms with E-state index in [0.717, 1.165) is 49.0 Å². The second-order valence-corrected chi connectivity index (χ2v) is 15.4. The van der Waals surface area contributed by atoms with Crippen LogP contribution in [-0.4, -0.2) is 19.5 Å². The molecule has 6 heteroatoms. The van der Waals surface area contributed by atoms with E-state index in [1.807, 2.05) is 54.6 Å². The Balaban J connectivity index is 1.04. The third kappa shape index (κ3) is 5.04.